The standard InChI is InChI=1S/C13H13ClN4O2/c1-8-2-5-13(20)18(17-8)7-12(19)16-11-4-3-9(15)6-10(11)14/h2-6H,7,15H2,1H3,(H,16,19). The van der Waals surface area contributed by atoms with E-state index >= 15 is 0 Å². The van der Waals surface area contributed by atoms with Crippen molar-refractivity contribution in [1.82, 2.24) is 9.78 Å². The number of rotatable bonds is 3. The molecule has 0 aliphatic heterocycles. The highest BCUT2D eigenvalue weighted by Gasteiger charge is 2.08. The zero-order valence-electron chi connectivity index (χ0n) is 10.8. The minimum Gasteiger partial charge on any atom is -0.399 e. The van der Waals surface area contributed by atoms with Crippen molar-refractivity contribution in [2.24, 2.45) is 0 Å². The molecule has 0 spiro atoms. The van der Waals surface area contributed by atoms with Crippen LogP contribution in [0.1, 0.15) is 5.69 Å². The van der Waals surface area contributed by atoms with Crippen molar-refractivity contribution in [3.8, 4) is 0 Å². The fourth-order valence-electron chi connectivity index (χ4n) is 1.62. The molecule has 0 aliphatic rings. The van der Waals surface area contributed by atoms with Crippen LogP contribution in [0.5, 0.6) is 0 Å². The molecule has 1 aromatic carbocycles. The highest BCUT2D eigenvalue weighted by atomic mass is 35.5. The van der Waals surface area contributed by atoms with Gasteiger partial charge in [-0.3, -0.25) is 9.59 Å². The molecule has 0 aliphatic carbocycles. The maximum absolute atomic E-state index is 11.9. The number of anilines is 2. The number of hydrogen-bond donors (Lipinski definition) is 2. The molecule has 6 nitrogen and oxygen atoms in total. The number of amides is 1. The van der Waals surface area contributed by atoms with E-state index in [4.69, 9.17) is 17.3 Å². The van der Waals surface area contributed by atoms with Crippen LogP contribution in [0.2, 0.25) is 5.02 Å². The van der Waals surface area contributed by atoms with Gasteiger partial charge in [0, 0.05) is 11.8 Å². The van der Waals surface area contributed by atoms with Gasteiger partial charge in [-0.1, -0.05) is 11.6 Å². The zero-order chi connectivity index (χ0) is 14.7. The molecule has 0 atom stereocenters. The Hall–Kier alpha value is -2.34. The summed E-state index contributed by atoms with van der Waals surface area (Å²) >= 11 is 5.95. The molecule has 7 heteroatoms. The maximum atomic E-state index is 11.9. The fraction of sp³-hybridized carbons (Fsp3) is 0.154. The van der Waals surface area contributed by atoms with Gasteiger partial charge < -0.3 is 11.1 Å². The Labute approximate surface area is 120 Å². The number of carbonyl (C=O) groups is 1. The smallest absolute Gasteiger partial charge is 0.267 e. The molecule has 0 saturated carbocycles. The molecular weight excluding hydrogens is 280 g/mol. The monoisotopic (exact) mass is 292 g/mol. The minimum absolute atomic E-state index is 0.179. The lowest BCUT2D eigenvalue weighted by Crippen LogP contribution is -2.29. The van der Waals surface area contributed by atoms with Crippen molar-refractivity contribution in [3.05, 3.63) is 51.4 Å². The molecule has 2 aromatic rings. The lowest BCUT2D eigenvalue weighted by atomic mass is 10.3. The predicted molar refractivity (Wildman–Crippen MR) is 77.7 cm³/mol. The van der Waals surface area contributed by atoms with E-state index < -0.39 is 5.91 Å². The number of carbonyl (C=O) groups excluding carboxylic acids is 1. The number of nitrogens with two attached hydrogens (primary N) is 1. The molecule has 1 heterocycles. The van der Waals surface area contributed by atoms with Gasteiger partial charge in [0.1, 0.15) is 6.54 Å². The van der Waals surface area contributed by atoms with Gasteiger partial charge in [0.25, 0.3) is 5.56 Å². The Morgan fingerprint density at radius 2 is 2.15 bits per heavy atom. The van der Waals surface area contributed by atoms with E-state index in [1.54, 1.807) is 25.1 Å². The average molecular weight is 293 g/mol. The molecule has 104 valence electrons. The summed E-state index contributed by atoms with van der Waals surface area (Å²) < 4.78 is 1.09. The van der Waals surface area contributed by atoms with Crippen molar-refractivity contribution in [1.29, 1.82) is 0 Å². The van der Waals surface area contributed by atoms with Crippen LogP contribution in [0.4, 0.5) is 11.4 Å². The Kier molecular flexibility index (Phi) is 4.05. The van der Waals surface area contributed by atoms with Gasteiger partial charge in [0.05, 0.1) is 16.4 Å². The number of aromatic nitrogens is 2. The summed E-state index contributed by atoms with van der Waals surface area (Å²) in [6, 6.07) is 7.72. The Balaban J connectivity index is 2.13. The van der Waals surface area contributed by atoms with Gasteiger partial charge in [-0.05, 0) is 31.2 Å². The molecule has 1 aromatic heterocycles. The first-order chi connectivity index (χ1) is 9.45. The van der Waals surface area contributed by atoms with Crippen molar-refractivity contribution < 1.29 is 4.79 Å². The van der Waals surface area contributed by atoms with E-state index in [1.807, 2.05) is 0 Å². The van der Waals surface area contributed by atoms with Gasteiger partial charge in [-0.25, -0.2) is 4.68 Å². The van der Waals surface area contributed by atoms with Crippen molar-refractivity contribution in [2.75, 3.05) is 11.1 Å². The Bertz CT molecular complexity index is 712. The highest BCUT2D eigenvalue weighted by Crippen LogP contribution is 2.23. The number of hydrogen-bond acceptors (Lipinski definition) is 4. The zero-order valence-corrected chi connectivity index (χ0v) is 11.5. The van der Waals surface area contributed by atoms with E-state index in [1.165, 1.54) is 12.1 Å². The van der Waals surface area contributed by atoms with Crippen LogP contribution in [-0.2, 0) is 11.3 Å². The van der Waals surface area contributed by atoms with Crippen LogP contribution in [0.25, 0.3) is 0 Å². The summed E-state index contributed by atoms with van der Waals surface area (Å²) in [5.74, 6) is -0.392. The van der Waals surface area contributed by atoms with Crippen molar-refractivity contribution in [2.45, 2.75) is 13.5 Å². The van der Waals surface area contributed by atoms with Gasteiger partial charge >= 0.3 is 0 Å². The number of halogens is 1. The fourth-order valence-corrected chi connectivity index (χ4v) is 1.86. The first kappa shape index (κ1) is 14.1. The van der Waals surface area contributed by atoms with Gasteiger partial charge in [0.2, 0.25) is 5.91 Å². The van der Waals surface area contributed by atoms with Crippen LogP contribution in [0.3, 0.4) is 0 Å². The quantitative estimate of drug-likeness (QED) is 0.837. The molecule has 20 heavy (non-hydrogen) atoms. The molecule has 3 N–H and O–H groups in total. The molecule has 1 amide bonds. The maximum Gasteiger partial charge on any atom is 0.267 e. The normalized spacial score (nSPS) is 10.3. The predicted octanol–water partition coefficient (Wildman–Crippen LogP) is 1.43. The van der Waals surface area contributed by atoms with E-state index in [0.717, 1.165) is 4.68 Å². The van der Waals surface area contributed by atoms with E-state index in [0.29, 0.717) is 22.1 Å². The van der Waals surface area contributed by atoms with Crippen LogP contribution in [0, 0.1) is 6.92 Å². The molecular formula is C13H13ClN4O2. The summed E-state index contributed by atoms with van der Waals surface area (Å²) in [6.07, 6.45) is 0. The minimum atomic E-state index is -0.392. The third kappa shape index (κ3) is 3.36. The first-order valence-electron chi connectivity index (χ1n) is 5.85. The average Bonchev–Trinajstić information content (AvgIpc) is 2.37. The second-order valence-corrected chi connectivity index (χ2v) is 4.67. The largest absolute Gasteiger partial charge is 0.399 e. The van der Waals surface area contributed by atoms with Gasteiger partial charge in [-0.15, -0.1) is 0 Å². The molecule has 0 radical (unpaired) electrons. The van der Waals surface area contributed by atoms with Crippen LogP contribution >= 0.6 is 11.6 Å². The Morgan fingerprint density at radius 1 is 1.40 bits per heavy atom. The number of nitrogens with zero attached hydrogens (tertiary/aromatic N) is 2. The lowest BCUT2D eigenvalue weighted by molar-refractivity contribution is -0.117. The Morgan fingerprint density at radius 3 is 2.85 bits per heavy atom. The van der Waals surface area contributed by atoms with Crippen LogP contribution < -0.4 is 16.6 Å². The van der Waals surface area contributed by atoms with Crippen LogP contribution in [-0.4, -0.2) is 15.7 Å². The van der Waals surface area contributed by atoms with E-state index in [2.05, 4.69) is 10.4 Å². The van der Waals surface area contributed by atoms with E-state index in [9.17, 15) is 9.59 Å². The van der Waals surface area contributed by atoms with Crippen LogP contribution in [0.15, 0.2) is 35.1 Å². The number of nitrogens with one attached hydrogen (secondary N) is 1. The lowest BCUT2D eigenvalue weighted by Gasteiger charge is -2.09. The van der Waals surface area contributed by atoms with Gasteiger partial charge in [0.15, 0.2) is 0 Å². The molecule has 0 fully saturated rings. The van der Waals surface area contributed by atoms with Crippen molar-refractivity contribution in [3.63, 3.8) is 0 Å². The first-order valence-corrected chi connectivity index (χ1v) is 6.23. The molecule has 0 bridgehead atoms. The number of benzene rings is 1. The van der Waals surface area contributed by atoms with Crippen molar-refractivity contribution >= 4 is 28.9 Å². The molecule has 0 unspecified atom stereocenters. The summed E-state index contributed by atoms with van der Waals surface area (Å²) in [5, 5.41) is 6.92. The van der Waals surface area contributed by atoms with E-state index in [-0.39, 0.29) is 12.1 Å². The third-order valence-electron chi connectivity index (χ3n) is 2.56. The second kappa shape index (κ2) is 5.75. The molecule has 0 saturated heterocycles. The number of aryl methyl sites for hydroxylation is 1. The second-order valence-electron chi connectivity index (χ2n) is 4.26. The molecule has 2 rings (SSSR count). The van der Waals surface area contributed by atoms with Gasteiger partial charge in [-0.2, -0.15) is 5.10 Å². The topological polar surface area (TPSA) is 90.0 Å². The summed E-state index contributed by atoms with van der Waals surface area (Å²) in [6.45, 7) is 1.56. The summed E-state index contributed by atoms with van der Waals surface area (Å²) in [7, 11) is 0. The summed E-state index contributed by atoms with van der Waals surface area (Å²) in [5.41, 5.74) is 6.82. The highest BCUT2D eigenvalue weighted by molar-refractivity contribution is 6.34. The SMILES string of the molecule is Cc1ccc(=O)n(CC(=O)Nc2ccc(N)cc2Cl)n1. The summed E-state index contributed by atoms with van der Waals surface area (Å²) in [4.78, 5) is 23.4. The number of nitrogen functional groups attached to an aromatic ring is 1. The third-order valence-corrected chi connectivity index (χ3v) is 2.87.